The van der Waals surface area contributed by atoms with Gasteiger partial charge in [-0.2, -0.15) is 0 Å². The summed E-state index contributed by atoms with van der Waals surface area (Å²) in [7, 11) is 0. The molecule has 3 nitrogen and oxygen atoms in total. The first-order chi connectivity index (χ1) is 13.7. The summed E-state index contributed by atoms with van der Waals surface area (Å²) in [4.78, 5) is 5.13. The van der Waals surface area contributed by atoms with Gasteiger partial charge in [-0.25, -0.2) is 0 Å². The smallest absolute Gasteiger partial charge is 0.117 e. The van der Waals surface area contributed by atoms with Crippen LogP contribution in [0.2, 0.25) is 0 Å². The zero-order chi connectivity index (χ0) is 19.4. The maximum absolute atomic E-state index is 5.53. The zero-order valence-electron chi connectivity index (χ0n) is 18.1. The molecule has 2 heterocycles. The number of piperazine rings is 1. The van der Waals surface area contributed by atoms with Crippen LogP contribution in [0.5, 0.6) is 0 Å². The second-order valence-corrected chi connectivity index (χ2v) is 8.88. The predicted octanol–water partition coefficient (Wildman–Crippen LogP) is 6.49. The normalized spacial score (nSPS) is 20.4. The number of hydrogen-bond acceptors (Lipinski definition) is 3. The third-order valence-electron chi connectivity index (χ3n) is 7.60. The van der Waals surface area contributed by atoms with Crippen molar-refractivity contribution in [1.29, 1.82) is 0 Å². The van der Waals surface area contributed by atoms with Crippen molar-refractivity contribution >= 4 is 18.1 Å². The molecule has 0 bridgehead atoms. The van der Waals surface area contributed by atoms with Crippen LogP contribution in [0.4, 0.5) is 5.69 Å². The maximum Gasteiger partial charge on any atom is 0.117 e. The van der Waals surface area contributed by atoms with Crippen molar-refractivity contribution in [3.63, 3.8) is 0 Å². The van der Waals surface area contributed by atoms with Gasteiger partial charge < -0.3 is 9.32 Å². The molecule has 0 amide bonds. The Morgan fingerprint density at radius 1 is 0.931 bits per heavy atom. The van der Waals surface area contributed by atoms with Crippen molar-refractivity contribution in [1.82, 2.24) is 4.90 Å². The average molecular weight is 417 g/mol. The van der Waals surface area contributed by atoms with Gasteiger partial charge in [-0.3, -0.25) is 4.90 Å². The number of nitrogens with zero attached hydrogens (tertiary/aromatic N) is 2. The van der Waals surface area contributed by atoms with Crippen LogP contribution in [0.15, 0.2) is 47.1 Å². The number of anilines is 1. The summed E-state index contributed by atoms with van der Waals surface area (Å²) in [5, 5.41) is 0. The summed E-state index contributed by atoms with van der Waals surface area (Å²) >= 11 is 0. The lowest BCUT2D eigenvalue weighted by Crippen LogP contribution is -2.46. The number of para-hydroxylation sites is 1. The molecule has 0 N–H and O–H groups in total. The monoisotopic (exact) mass is 416 g/mol. The lowest BCUT2D eigenvalue weighted by Gasteiger charge is -2.41. The summed E-state index contributed by atoms with van der Waals surface area (Å²) in [6.45, 7) is 10.1. The van der Waals surface area contributed by atoms with Gasteiger partial charge in [-0.1, -0.05) is 44.9 Å². The van der Waals surface area contributed by atoms with Gasteiger partial charge in [0.1, 0.15) is 5.76 Å². The molecule has 1 saturated carbocycles. The van der Waals surface area contributed by atoms with Crippen molar-refractivity contribution < 1.29 is 4.42 Å². The van der Waals surface area contributed by atoms with Gasteiger partial charge in [-0.15, -0.1) is 12.4 Å². The standard InChI is InChI=1S/C25H36N2O.ClH/c1-3-25(4-2)13-11-21(12-14-25)23-9-5-6-10-24(23)27-17-15-26(16-18-27)20-22-8-7-19-28-22;/h5-10,19,21H,3-4,11-18,20H2,1-2H3;1H. The Labute approximate surface area is 182 Å². The van der Waals surface area contributed by atoms with E-state index in [-0.39, 0.29) is 12.4 Å². The van der Waals surface area contributed by atoms with Crippen LogP contribution in [0, 0.1) is 5.41 Å². The van der Waals surface area contributed by atoms with Crippen LogP contribution in [0.1, 0.15) is 69.6 Å². The second-order valence-electron chi connectivity index (χ2n) is 8.88. The van der Waals surface area contributed by atoms with E-state index in [0.717, 1.165) is 44.4 Å². The Balaban J connectivity index is 0.00000240. The molecule has 2 aliphatic rings. The summed E-state index contributed by atoms with van der Waals surface area (Å²) in [5.74, 6) is 1.81. The maximum atomic E-state index is 5.53. The molecule has 1 aromatic carbocycles. The fourth-order valence-electron chi connectivity index (χ4n) is 5.39. The van der Waals surface area contributed by atoms with E-state index < -0.39 is 0 Å². The summed E-state index contributed by atoms with van der Waals surface area (Å²) in [6, 6.07) is 13.3. The van der Waals surface area contributed by atoms with E-state index in [1.807, 2.05) is 6.07 Å². The molecular formula is C25H37ClN2O. The topological polar surface area (TPSA) is 19.6 Å². The molecule has 1 aliphatic heterocycles. The van der Waals surface area contributed by atoms with E-state index >= 15 is 0 Å². The first-order valence-electron chi connectivity index (χ1n) is 11.3. The highest BCUT2D eigenvalue weighted by molar-refractivity contribution is 5.85. The van der Waals surface area contributed by atoms with Crippen LogP contribution in [-0.4, -0.2) is 31.1 Å². The first kappa shape index (κ1) is 22.2. The van der Waals surface area contributed by atoms with E-state index in [1.165, 1.54) is 44.2 Å². The lowest BCUT2D eigenvalue weighted by molar-refractivity contribution is 0.159. The Bertz CT molecular complexity index is 723. The minimum absolute atomic E-state index is 0. The largest absolute Gasteiger partial charge is 0.468 e. The molecule has 0 unspecified atom stereocenters. The Hall–Kier alpha value is -1.45. The summed E-state index contributed by atoms with van der Waals surface area (Å²) in [5.41, 5.74) is 3.71. The molecule has 2 aromatic rings. The van der Waals surface area contributed by atoms with Gasteiger partial charge in [-0.05, 0) is 60.8 Å². The Morgan fingerprint density at radius 3 is 2.24 bits per heavy atom. The van der Waals surface area contributed by atoms with Crippen molar-refractivity contribution in [3.8, 4) is 0 Å². The molecule has 29 heavy (non-hydrogen) atoms. The van der Waals surface area contributed by atoms with Gasteiger partial charge in [0.05, 0.1) is 12.8 Å². The fraction of sp³-hybridized carbons (Fsp3) is 0.600. The van der Waals surface area contributed by atoms with E-state index in [2.05, 4.69) is 54.0 Å². The van der Waals surface area contributed by atoms with E-state index in [9.17, 15) is 0 Å². The molecule has 0 atom stereocenters. The molecule has 4 rings (SSSR count). The van der Waals surface area contributed by atoms with Crippen molar-refractivity contribution in [3.05, 3.63) is 54.0 Å². The third-order valence-corrected chi connectivity index (χ3v) is 7.60. The summed E-state index contributed by atoms with van der Waals surface area (Å²) < 4.78 is 5.53. The molecule has 0 spiro atoms. The number of rotatable bonds is 6. The Morgan fingerprint density at radius 2 is 1.62 bits per heavy atom. The molecule has 4 heteroatoms. The molecule has 0 radical (unpaired) electrons. The van der Waals surface area contributed by atoms with E-state index in [4.69, 9.17) is 4.42 Å². The highest BCUT2D eigenvalue weighted by Crippen LogP contribution is 2.48. The second kappa shape index (κ2) is 10.0. The number of benzene rings is 1. The van der Waals surface area contributed by atoms with E-state index in [0.29, 0.717) is 5.41 Å². The quantitative estimate of drug-likeness (QED) is 0.536. The molecule has 1 aliphatic carbocycles. The SMILES string of the molecule is CCC1(CC)CCC(c2ccccc2N2CCN(Cc3ccco3)CC2)CC1.Cl. The number of furan rings is 1. The van der Waals surface area contributed by atoms with Gasteiger partial charge in [0.2, 0.25) is 0 Å². The first-order valence-corrected chi connectivity index (χ1v) is 11.3. The Kier molecular flexibility index (Phi) is 7.70. The highest BCUT2D eigenvalue weighted by Gasteiger charge is 2.34. The lowest BCUT2D eigenvalue weighted by atomic mass is 9.66. The number of hydrogen-bond donors (Lipinski definition) is 0. The minimum atomic E-state index is 0. The molecule has 1 saturated heterocycles. The fourth-order valence-corrected chi connectivity index (χ4v) is 5.39. The van der Waals surface area contributed by atoms with E-state index in [1.54, 1.807) is 11.8 Å². The minimum Gasteiger partial charge on any atom is -0.468 e. The average Bonchev–Trinajstić information content (AvgIpc) is 3.27. The van der Waals surface area contributed by atoms with Gasteiger partial charge in [0.15, 0.2) is 0 Å². The van der Waals surface area contributed by atoms with Gasteiger partial charge >= 0.3 is 0 Å². The van der Waals surface area contributed by atoms with Crippen LogP contribution in [0.25, 0.3) is 0 Å². The van der Waals surface area contributed by atoms with Crippen molar-refractivity contribution in [2.45, 2.75) is 64.8 Å². The van der Waals surface area contributed by atoms with Gasteiger partial charge in [0, 0.05) is 31.9 Å². The molecule has 160 valence electrons. The van der Waals surface area contributed by atoms with Gasteiger partial charge in [0.25, 0.3) is 0 Å². The van der Waals surface area contributed by atoms with Crippen LogP contribution in [0.3, 0.4) is 0 Å². The van der Waals surface area contributed by atoms with Crippen molar-refractivity contribution in [2.24, 2.45) is 5.41 Å². The molecular weight excluding hydrogens is 380 g/mol. The van der Waals surface area contributed by atoms with Crippen LogP contribution < -0.4 is 4.90 Å². The predicted molar refractivity (Wildman–Crippen MR) is 124 cm³/mol. The van der Waals surface area contributed by atoms with Crippen molar-refractivity contribution in [2.75, 3.05) is 31.1 Å². The number of halogens is 1. The summed E-state index contributed by atoms with van der Waals surface area (Å²) in [6.07, 6.45) is 9.98. The highest BCUT2D eigenvalue weighted by atomic mass is 35.5. The van der Waals surface area contributed by atoms with Crippen LogP contribution >= 0.6 is 12.4 Å². The molecule has 2 fully saturated rings. The van der Waals surface area contributed by atoms with Crippen LogP contribution in [-0.2, 0) is 6.54 Å². The zero-order valence-corrected chi connectivity index (χ0v) is 18.9. The third kappa shape index (κ3) is 5.00. The molecule has 1 aromatic heterocycles.